The minimum absolute atomic E-state index is 0.187. The fourth-order valence-corrected chi connectivity index (χ4v) is 2.07. The van der Waals surface area contributed by atoms with Crippen molar-refractivity contribution in [2.75, 3.05) is 13.2 Å². The predicted octanol–water partition coefficient (Wildman–Crippen LogP) is 2.32. The Morgan fingerprint density at radius 2 is 1.86 bits per heavy atom. The molecule has 2 heteroatoms. The largest absolute Gasteiger partial charge is 0.396 e. The molecule has 1 aliphatic carbocycles. The number of aliphatic hydroxyl groups excluding tert-OH is 1. The Labute approximate surface area is 88.1 Å². The van der Waals surface area contributed by atoms with Gasteiger partial charge >= 0.3 is 0 Å². The fourth-order valence-electron chi connectivity index (χ4n) is 2.07. The molecule has 0 aromatic rings. The molecule has 0 amide bonds. The average molecular weight is 199 g/mol. The van der Waals surface area contributed by atoms with Gasteiger partial charge in [0.2, 0.25) is 0 Å². The third-order valence-corrected chi connectivity index (χ3v) is 3.83. The SMILES string of the molecule is CCC(C)(C)NCC1(CO)CCCC1. The van der Waals surface area contributed by atoms with E-state index in [1.165, 1.54) is 25.7 Å². The third-order valence-electron chi connectivity index (χ3n) is 3.83. The number of hydrogen-bond donors (Lipinski definition) is 2. The van der Waals surface area contributed by atoms with Crippen LogP contribution in [-0.2, 0) is 0 Å². The molecule has 2 nitrogen and oxygen atoms in total. The Morgan fingerprint density at radius 3 is 2.29 bits per heavy atom. The van der Waals surface area contributed by atoms with Crippen molar-refractivity contribution in [1.29, 1.82) is 0 Å². The van der Waals surface area contributed by atoms with Crippen LogP contribution in [0, 0.1) is 5.41 Å². The third kappa shape index (κ3) is 2.96. The van der Waals surface area contributed by atoms with Crippen LogP contribution in [0.25, 0.3) is 0 Å². The first-order chi connectivity index (χ1) is 6.54. The standard InChI is InChI=1S/C12H25NO/c1-4-11(2,3)13-9-12(10-14)7-5-6-8-12/h13-14H,4-10H2,1-3H3. The molecule has 1 rings (SSSR count). The van der Waals surface area contributed by atoms with Crippen molar-refractivity contribution in [3.8, 4) is 0 Å². The lowest BCUT2D eigenvalue weighted by Gasteiger charge is -2.33. The van der Waals surface area contributed by atoms with Crippen LogP contribution in [0.4, 0.5) is 0 Å². The summed E-state index contributed by atoms with van der Waals surface area (Å²) in [4.78, 5) is 0. The lowest BCUT2D eigenvalue weighted by atomic mass is 9.86. The van der Waals surface area contributed by atoms with Crippen LogP contribution < -0.4 is 5.32 Å². The van der Waals surface area contributed by atoms with Crippen molar-refractivity contribution in [1.82, 2.24) is 5.32 Å². The number of aliphatic hydroxyl groups is 1. The van der Waals surface area contributed by atoms with E-state index >= 15 is 0 Å². The highest BCUT2D eigenvalue weighted by Crippen LogP contribution is 2.37. The molecule has 0 atom stereocenters. The minimum Gasteiger partial charge on any atom is -0.396 e. The van der Waals surface area contributed by atoms with Crippen molar-refractivity contribution in [3.05, 3.63) is 0 Å². The highest BCUT2D eigenvalue weighted by molar-refractivity contribution is 4.89. The smallest absolute Gasteiger partial charge is 0.0499 e. The summed E-state index contributed by atoms with van der Waals surface area (Å²) >= 11 is 0. The first kappa shape index (κ1) is 12.0. The zero-order valence-corrected chi connectivity index (χ0v) is 9.90. The molecule has 0 spiro atoms. The molecule has 2 N–H and O–H groups in total. The van der Waals surface area contributed by atoms with Crippen LogP contribution >= 0.6 is 0 Å². The first-order valence-corrected chi connectivity index (χ1v) is 5.89. The first-order valence-electron chi connectivity index (χ1n) is 5.89. The maximum absolute atomic E-state index is 9.45. The van der Waals surface area contributed by atoms with Crippen LogP contribution in [0.15, 0.2) is 0 Å². The number of hydrogen-bond acceptors (Lipinski definition) is 2. The Bertz CT molecular complexity index is 171. The lowest BCUT2D eigenvalue weighted by molar-refractivity contribution is 0.118. The van der Waals surface area contributed by atoms with Crippen molar-refractivity contribution in [2.24, 2.45) is 5.41 Å². The quantitative estimate of drug-likeness (QED) is 0.712. The van der Waals surface area contributed by atoms with E-state index in [2.05, 4.69) is 26.1 Å². The topological polar surface area (TPSA) is 32.3 Å². The van der Waals surface area contributed by atoms with Crippen molar-refractivity contribution in [2.45, 2.75) is 58.4 Å². The lowest BCUT2D eigenvalue weighted by Crippen LogP contribution is -2.45. The Kier molecular flexibility index (Phi) is 3.96. The zero-order chi connectivity index (χ0) is 10.7. The molecule has 0 saturated heterocycles. The Morgan fingerprint density at radius 1 is 1.29 bits per heavy atom. The van der Waals surface area contributed by atoms with E-state index in [9.17, 15) is 5.11 Å². The molecule has 0 heterocycles. The zero-order valence-electron chi connectivity index (χ0n) is 9.90. The Balaban J connectivity index is 2.41. The van der Waals surface area contributed by atoms with E-state index in [0.717, 1.165) is 13.0 Å². The van der Waals surface area contributed by atoms with E-state index < -0.39 is 0 Å². The normalized spacial score (nSPS) is 21.4. The highest BCUT2D eigenvalue weighted by Gasteiger charge is 2.34. The van der Waals surface area contributed by atoms with Gasteiger partial charge in [0.1, 0.15) is 0 Å². The highest BCUT2D eigenvalue weighted by atomic mass is 16.3. The monoisotopic (exact) mass is 199 g/mol. The van der Waals surface area contributed by atoms with Gasteiger partial charge in [-0.15, -0.1) is 0 Å². The molecule has 84 valence electrons. The van der Waals surface area contributed by atoms with Crippen molar-refractivity contribution >= 4 is 0 Å². The Hall–Kier alpha value is -0.0800. The summed E-state index contributed by atoms with van der Waals surface area (Å²) in [6.45, 7) is 7.98. The molecule has 1 saturated carbocycles. The van der Waals surface area contributed by atoms with Gasteiger partial charge in [-0.2, -0.15) is 0 Å². The second-order valence-corrected chi connectivity index (χ2v) is 5.46. The molecule has 0 bridgehead atoms. The van der Waals surface area contributed by atoms with E-state index in [4.69, 9.17) is 0 Å². The van der Waals surface area contributed by atoms with Crippen LogP contribution in [0.3, 0.4) is 0 Å². The summed E-state index contributed by atoms with van der Waals surface area (Å²) in [5, 5.41) is 13.0. The van der Waals surface area contributed by atoms with Gasteiger partial charge in [-0.05, 0) is 33.1 Å². The summed E-state index contributed by atoms with van der Waals surface area (Å²) in [6, 6.07) is 0. The molecular formula is C12H25NO. The van der Waals surface area contributed by atoms with Gasteiger partial charge in [0.05, 0.1) is 0 Å². The van der Waals surface area contributed by atoms with Gasteiger partial charge in [-0.3, -0.25) is 0 Å². The number of rotatable bonds is 5. The maximum Gasteiger partial charge on any atom is 0.0499 e. The molecular weight excluding hydrogens is 174 g/mol. The summed E-state index contributed by atoms with van der Waals surface area (Å²) in [7, 11) is 0. The molecule has 0 aliphatic heterocycles. The van der Waals surface area contributed by atoms with Crippen LogP contribution in [0.1, 0.15) is 52.9 Å². The summed E-state index contributed by atoms with van der Waals surface area (Å²) < 4.78 is 0. The predicted molar refractivity (Wildman–Crippen MR) is 60.4 cm³/mol. The van der Waals surface area contributed by atoms with E-state index in [0.29, 0.717) is 6.61 Å². The number of nitrogens with one attached hydrogen (secondary N) is 1. The molecule has 0 unspecified atom stereocenters. The fraction of sp³-hybridized carbons (Fsp3) is 1.00. The average Bonchev–Trinajstić information content (AvgIpc) is 2.65. The van der Waals surface area contributed by atoms with Gasteiger partial charge in [-0.1, -0.05) is 19.8 Å². The minimum atomic E-state index is 0.187. The summed E-state index contributed by atoms with van der Waals surface area (Å²) in [6.07, 6.45) is 6.09. The molecule has 1 fully saturated rings. The molecule has 0 aromatic carbocycles. The van der Waals surface area contributed by atoms with Crippen LogP contribution in [-0.4, -0.2) is 23.8 Å². The molecule has 0 aromatic heterocycles. The van der Waals surface area contributed by atoms with Crippen LogP contribution in [0.5, 0.6) is 0 Å². The summed E-state index contributed by atoms with van der Waals surface area (Å²) in [5.41, 5.74) is 0.400. The summed E-state index contributed by atoms with van der Waals surface area (Å²) in [5.74, 6) is 0. The van der Waals surface area contributed by atoms with Gasteiger partial charge in [0.15, 0.2) is 0 Å². The molecule has 14 heavy (non-hydrogen) atoms. The van der Waals surface area contributed by atoms with E-state index in [1.807, 2.05) is 0 Å². The van der Waals surface area contributed by atoms with Gasteiger partial charge in [-0.25, -0.2) is 0 Å². The molecule has 1 aliphatic rings. The van der Waals surface area contributed by atoms with E-state index in [1.54, 1.807) is 0 Å². The van der Waals surface area contributed by atoms with Gasteiger partial charge in [0, 0.05) is 24.1 Å². The second-order valence-electron chi connectivity index (χ2n) is 5.46. The van der Waals surface area contributed by atoms with Crippen molar-refractivity contribution in [3.63, 3.8) is 0 Å². The van der Waals surface area contributed by atoms with Crippen molar-refractivity contribution < 1.29 is 5.11 Å². The van der Waals surface area contributed by atoms with E-state index in [-0.39, 0.29) is 11.0 Å². The second kappa shape index (κ2) is 4.63. The maximum atomic E-state index is 9.45. The van der Waals surface area contributed by atoms with Gasteiger partial charge in [0.25, 0.3) is 0 Å². The van der Waals surface area contributed by atoms with Crippen LogP contribution in [0.2, 0.25) is 0 Å². The van der Waals surface area contributed by atoms with Gasteiger partial charge < -0.3 is 10.4 Å². The molecule has 0 radical (unpaired) electrons.